The van der Waals surface area contributed by atoms with Crippen LogP contribution in [0.5, 0.6) is 0 Å². The van der Waals surface area contributed by atoms with Crippen molar-refractivity contribution in [2.45, 2.75) is 104 Å². The molecule has 2 aliphatic carbocycles. The summed E-state index contributed by atoms with van der Waals surface area (Å²) in [4.78, 5) is 0. The van der Waals surface area contributed by atoms with Gasteiger partial charge in [-0.1, -0.05) is 53.0 Å². The lowest BCUT2D eigenvalue weighted by molar-refractivity contribution is -0.371. The van der Waals surface area contributed by atoms with Gasteiger partial charge in [-0.3, -0.25) is 0 Å². The maximum atomic E-state index is 13.5. The van der Waals surface area contributed by atoms with Crippen LogP contribution in [0.15, 0.2) is 36.0 Å². The molecule has 1 saturated carbocycles. The second kappa shape index (κ2) is 9.48. The summed E-state index contributed by atoms with van der Waals surface area (Å²) in [5.74, 6) is 0.321. The highest BCUT2D eigenvalue weighted by Crippen LogP contribution is 2.58. The van der Waals surface area contributed by atoms with E-state index in [4.69, 9.17) is 14.6 Å². The number of nitrogens with zero attached hydrogens (tertiary/aromatic N) is 2. The van der Waals surface area contributed by atoms with Crippen molar-refractivity contribution in [3.63, 3.8) is 0 Å². The van der Waals surface area contributed by atoms with Gasteiger partial charge in [0.1, 0.15) is 5.82 Å². The number of aromatic nitrogens is 2. The molecule has 2 fully saturated rings. The van der Waals surface area contributed by atoms with E-state index in [1.807, 2.05) is 10.9 Å². The molecule has 0 radical (unpaired) electrons. The Kier molecular flexibility index (Phi) is 6.69. The van der Waals surface area contributed by atoms with Crippen molar-refractivity contribution in [3.8, 4) is 5.69 Å². The molecule has 190 valence electrons. The molecule has 35 heavy (non-hydrogen) atoms. The Morgan fingerprint density at radius 3 is 2.57 bits per heavy atom. The van der Waals surface area contributed by atoms with Crippen LogP contribution in [-0.2, 0) is 15.9 Å². The molecule has 1 spiro atoms. The largest absolute Gasteiger partial charge is 0.346 e. The van der Waals surface area contributed by atoms with E-state index in [-0.39, 0.29) is 23.4 Å². The van der Waals surface area contributed by atoms with Gasteiger partial charge in [-0.15, -0.1) is 0 Å². The van der Waals surface area contributed by atoms with Crippen LogP contribution < -0.4 is 0 Å². The molecule has 1 aromatic carbocycles. The van der Waals surface area contributed by atoms with E-state index in [0.717, 1.165) is 62.7 Å². The first kappa shape index (κ1) is 24.7. The third-order valence-corrected chi connectivity index (χ3v) is 8.82. The van der Waals surface area contributed by atoms with E-state index in [2.05, 4.69) is 40.7 Å². The van der Waals surface area contributed by atoms with Gasteiger partial charge >= 0.3 is 0 Å². The molecular formula is C30H41FN2O2. The quantitative estimate of drug-likeness (QED) is 0.430. The average Bonchev–Trinajstić information content (AvgIpc) is 3.21. The van der Waals surface area contributed by atoms with E-state index in [1.54, 1.807) is 12.1 Å². The Balaban J connectivity index is 1.53. The third kappa shape index (κ3) is 4.29. The minimum absolute atomic E-state index is 0.227. The van der Waals surface area contributed by atoms with Gasteiger partial charge in [-0.2, -0.15) is 5.10 Å². The van der Waals surface area contributed by atoms with Gasteiger partial charge < -0.3 is 9.47 Å². The number of benzene rings is 1. The van der Waals surface area contributed by atoms with E-state index < -0.39 is 5.79 Å². The van der Waals surface area contributed by atoms with Gasteiger partial charge in [0.05, 0.1) is 29.8 Å². The van der Waals surface area contributed by atoms with Crippen LogP contribution in [0.1, 0.15) is 90.8 Å². The van der Waals surface area contributed by atoms with Crippen LogP contribution >= 0.6 is 0 Å². The van der Waals surface area contributed by atoms with Gasteiger partial charge in [0.25, 0.3) is 0 Å². The Bertz CT molecular complexity index is 1070. The number of rotatable bonds is 6. The molecular weight excluding hydrogens is 439 g/mol. The smallest absolute Gasteiger partial charge is 0.178 e. The minimum atomic E-state index is -0.599. The molecule has 5 rings (SSSR count). The van der Waals surface area contributed by atoms with Crippen molar-refractivity contribution in [3.05, 3.63) is 53.1 Å². The lowest BCUT2D eigenvalue weighted by Gasteiger charge is -2.58. The summed E-state index contributed by atoms with van der Waals surface area (Å²) in [5.41, 5.74) is 4.36. The normalized spacial score (nSPS) is 30.5. The molecule has 0 bridgehead atoms. The van der Waals surface area contributed by atoms with E-state index in [1.165, 1.54) is 23.3 Å². The molecule has 0 amide bonds. The lowest BCUT2D eigenvalue weighted by atomic mass is 9.61. The molecule has 1 saturated heterocycles. The minimum Gasteiger partial charge on any atom is -0.346 e. The molecule has 2 aromatic rings. The Morgan fingerprint density at radius 2 is 1.89 bits per heavy atom. The summed E-state index contributed by atoms with van der Waals surface area (Å²) < 4.78 is 29.7. The van der Waals surface area contributed by atoms with Gasteiger partial charge in [0, 0.05) is 18.3 Å². The molecule has 3 aliphatic rings. The van der Waals surface area contributed by atoms with Crippen LogP contribution in [0, 0.1) is 23.1 Å². The molecule has 4 nitrogen and oxygen atoms in total. The molecule has 1 aromatic heterocycles. The van der Waals surface area contributed by atoms with Gasteiger partial charge in [-0.25, -0.2) is 9.07 Å². The zero-order valence-corrected chi connectivity index (χ0v) is 22.0. The maximum absolute atomic E-state index is 13.5. The summed E-state index contributed by atoms with van der Waals surface area (Å²) >= 11 is 0. The van der Waals surface area contributed by atoms with Crippen LogP contribution in [0.4, 0.5) is 4.39 Å². The van der Waals surface area contributed by atoms with Crippen LogP contribution in [-0.4, -0.2) is 27.8 Å². The molecule has 5 heteroatoms. The average molecular weight is 481 g/mol. The summed E-state index contributed by atoms with van der Waals surface area (Å²) in [6.45, 7) is 11.5. The van der Waals surface area contributed by atoms with E-state index >= 15 is 0 Å². The van der Waals surface area contributed by atoms with Gasteiger partial charge in [-0.05, 0) is 73.4 Å². The van der Waals surface area contributed by atoms with Crippen molar-refractivity contribution < 1.29 is 13.9 Å². The summed E-state index contributed by atoms with van der Waals surface area (Å²) in [7, 11) is 0. The van der Waals surface area contributed by atoms with Gasteiger partial charge in [0.15, 0.2) is 5.79 Å². The van der Waals surface area contributed by atoms with Gasteiger partial charge in [0.2, 0.25) is 0 Å². The van der Waals surface area contributed by atoms with Crippen molar-refractivity contribution in [1.82, 2.24) is 9.78 Å². The molecule has 1 aliphatic heterocycles. The highest BCUT2D eigenvalue weighted by Gasteiger charge is 2.59. The number of hydrogen-bond donors (Lipinski definition) is 0. The molecule has 0 N–H and O–H groups in total. The summed E-state index contributed by atoms with van der Waals surface area (Å²) in [6, 6.07) is 6.58. The molecule has 4 atom stereocenters. The first-order valence-corrected chi connectivity index (χ1v) is 13.7. The maximum Gasteiger partial charge on any atom is 0.178 e. The van der Waals surface area contributed by atoms with Crippen molar-refractivity contribution >= 4 is 6.08 Å². The Hall–Kier alpha value is -1.98. The van der Waals surface area contributed by atoms with Crippen LogP contribution in [0.25, 0.3) is 11.8 Å². The van der Waals surface area contributed by atoms with E-state index in [9.17, 15) is 4.39 Å². The Labute approximate surface area is 209 Å². The van der Waals surface area contributed by atoms with Crippen molar-refractivity contribution in [2.75, 3.05) is 0 Å². The van der Waals surface area contributed by atoms with Crippen molar-refractivity contribution in [1.29, 1.82) is 0 Å². The second-order valence-electron chi connectivity index (χ2n) is 11.6. The Morgan fingerprint density at radius 1 is 1.14 bits per heavy atom. The third-order valence-electron chi connectivity index (χ3n) is 8.82. The van der Waals surface area contributed by atoms with Crippen LogP contribution in [0.3, 0.4) is 0 Å². The number of ether oxygens (including phenoxy) is 2. The fraction of sp³-hybridized carbons (Fsp3) is 0.633. The lowest BCUT2D eigenvalue weighted by Crippen LogP contribution is -2.62. The van der Waals surface area contributed by atoms with Crippen molar-refractivity contribution in [2.24, 2.45) is 17.3 Å². The second-order valence-corrected chi connectivity index (χ2v) is 11.6. The van der Waals surface area contributed by atoms with Crippen LogP contribution in [0.2, 0.25) is 0 Å². The topological polar surface area (TPSA) is 36.3 Å². The fourth-order valence-corrected chi connectivity index (χ4v) is 6.85. The zero-order valence-electron chi connectivity index (χ0n) is 22.0. The summed E-state index contributed by atoms with van der Waals surface area (Å²) in [5, 5.41) is 4.71. The first-order chi connectivity index (χ1) is 16.8. The summed E-state index contributed by atoms with van der Waals surface area (Å²) in [6.07, 6.45) is 13.0. The first-order valence-electron chi connectivity index (χ1n) is 13.7. The predicted molar refractivity (Wildman–Crippen MR) is 138 cm³/mol. The fourth-order valence-electron chi connectivity index (χ4n) is 6.85. The molecule has 2 heterocycles. The number of halogens is 1. The highest BCUT2D eigenvalue weighted by molar-refractivity contribution is 5.62. The number of fused-ring (bicyclic) bond motifs is 3. The zero-order chi connectivity index (χ0) is 24.8. The monoisotopic (exact) mass is 480 g/mol. The predicted octanol–water partition coefficient (Wildman–Crippen LogP) is 7.49. The highest BCUT2D eigenvalue weighted by atomic mass is 19.1. The molecule has 4 unspecified atom stereocenters. The SMILES string of the molecule is CCC(CC)C1CC(CC(C)C)OC2(CCCC3=Cc4c(cnn4-c4ccc(F)cc4)CC32C)O1. The standard InChI is InChI=1S/C30H41FN2O2/c1-6-21(7-2)28-17-26(15-20(3)4)34-30(35-28)14-8-9-23-16-27-22(18-29(23,30)5)19-32-33(27)25-12-10-24(31)11-13-25/h10-13,16,19-21,26,28H,6-9,14-15,17-18H2,1-5H3. The number of hydrogen-bond acceptors (Lipinski definition) is 3. The van der Waals surface area contributed by atoms with E-state index in [0.29, 0.717) is 11.8 Å².